The zero-order valence-corrected chi connectivity index (χ0v) is 15.7. The van der Waals surface area contributed by atoms with Crippen molar-refractivity contribution in [1.29, 1.82) is 0 Å². The Labute approximate surface area is 145 Å². The first-order valence-electron chi connectivity index (χ1n) is 8.96. The highest BCUT2D eigenvalue weighted by Crippen LogP contribution is 2.44. The van der Waals surface area contributed by atoms with Crippen LogP contribution >= 0.6 is 0 Å². The van der Waals surface area contributed by atoms with Gasteiger partial charge in [0.2, 0.25) is 5.91 Å². The first kappa shape index (κ1) is 19.0. The lowest BCUT2D eigenvalue weighted by atomic mass is 9.72. The summed E-state index contributed by atoms with van der Waals surface area (Å²) >= 11 is 0. The third-order valence-electron chi connectivity index (χ3n) is 5.00. The van der Waals surface area contributed by atoms with Gasteiger partial charge in [-0.1, -0.05) is 13.8 Å². The third-order valence-corrected chi connectivity index (χ3v) is 5.00. The van der Waals surface area contributed by atoms with Crippen LogP contribution in [0.2, 0.25) is 0 Å². The fourth-order valence-electron chi connectivity index (χ4n) is 3.71. The molecule has 24 heavy (non-hydrogen) atoms. The maximum Gasteiger partial charge on any atom is 0.407 e. The maximum atomic E-state index is 12.4. The number of hydrogen-bond acceptors (Lipinski definition) is 4. The predicted octanol–water partition coefficient (Wildman–Crippen LogP) is 2.42. The van der Waals surface area contributed by atoms with E-state index in [1.807, 2.05) is 39.5 Å². The highest BCUT2D eigenvalue weighted by Gasteiger charge is 2.48. The average molecular weight is 340 g/mol. The number of nitrogens with one attached hydrogen (secondary N) is 1. The Morgan fingerprint density at radius 2 is 1.92 bits per heavy atom. The number of ether oxygens (including phenoxy) is 2. The highest BCUT2D eigenvalue weighted by atomic mass is 16.6. The monoisotopic (exact) mass is 340 g/mol. The predicted molar refractivity (Wildman–Crippen MR) is 91.6 cm³/mol. The van der Waals surface area contributed by atoms with E-state index in [0.717, 1.165) is 32.6 Å². The average Bonchev–Trinajstić information content (AvgIpc) is 2.81. The van der Waals surface area contributed by atoms with Crippen molar-refractivity contribution in [1.82, 2.24) is 10.2 Å². The van der Waals surface area contributed by atoms with Crippen molar-refractivity contribution in [2.45, 2.75) is 53.1 Å². The number of carbonyl (C=O) groups is 2. The molecule has 2 saturated heterocycles. The van der Waals surface area contributed by atoms with E-state index in [-0.39, 0.29) is 23.2 Å². The van der Waals surface area contributed by atoms with Gasteiger partial charge in [-0.25, -0.2) is 4.79 Å². The largest absolute Gasteiger partial charge is 0.444 e. The second kappa shape index (κ2) is 7.30. The van der Waals surface area contributed by atoms with E-state index in [9.17, 15) is 9.59 Å². The standard InChI is InChI=1S/C18H32N2O4/c1-13(2)15(21)20-11-14(10-19-16(22)24-17(3,4)5)18(12-20)6-8-23-9-7-18/h13-14H,6-12H2,1-5H3,(H,19,22)/t14-/m1/s1. The second-order valence-corrected chi connectivity index (χ2v) is 8.43. The van der Waals surface area contributed by atoms with Gasteiger partial charge in [-0.3, -0.25) is 4.79 Å². The molecule has 0 aromatic heterocycles. The lowest BCUT2D eigenvalue weighted by Crippen LogP contribution is -2.43. The smallest absolute Gasteiger partial charge is 0.407 e. The number of likely N-dealkylation sites (tertiary alicyclic amines) is 1. The van der Waals surface area contributed by atoms with Crippen LogP contribution in [0.25, 0.3) is 0 Å². The van der Waals surface area contributed by atoms with Gasteiger partial charge in [0.1, 0.15) is 5.60 Å². The summed E-state index contributed by atoms with van der Waals surface area (Å²) in [4.78, 5) is 26.4. The number of hydrogen-bond donors (Lipinski definition) is 1. The maximum absolute atomic E-state index is 12.4. The molecule has 2 rings (SSSR count). The Morgan fingerprint density at radius 3 is 2.46 bits per heavy atom. The van der Waals surface area contributed by atoms with Crippen molar-refractivity contribution >= 4 is 12.0 Å². The molecular formula is C18H32N2O4. The van der Waals surface area contributed by atoms with Gasteiger partial charge in [-0.15, -0.1) is 0 Å². The number of amides is 2. The van der Waals surface area contributed by atoms with Crippen molar-refractivity contribution in [2.24, 2.45) is 17.3 Å². The minimum absolute atomic E-state index is 0.000504. The van der Waals surface area contributed by atoms with E-state index in [4.69, 9.17) is 9.47 Å². The van der Waals surface area contributed by atoms with Crippen LogP contribution < -0.4 is 5.32 Å². The van der Waals surface area contributed by atoms with Crippen LogP contribution in [0.3, 0.4) is 0 Å². The van der Waals surface area contributed by atoms with Gasteiger partial charge >= 0.3 is 6.09 Å². The number of carbonyl (C=O) groups excluding carboxylic acids is 2. The SMILES string of the molecule is CC(C)C(=O)N1C[C@@H](CNC(=O)OC(C)(C)C)C2(CCOCC2)C1. The fourth-order valence-corrected chi connectivity index (χ4v) is 3.71. The summed E-state index contributed by atoms with van der Waals surface area (Å²) in [6.07, 6.45) is 1.49. The first-order valence-corrected chi connectivity index (χ1v) is 8.96. The van der Waals surface area contributed by atoms with E-state index in [1.54, 1.807) is 0 Å². The molecule has 0 unspecified atom stereocenters. The summed E-state index contributed by atoms with van der Waals surface area (Å²) in [5.74, 6) is 0.441. The molecule has 6 nitrogen and oxygen atoms in total. The van der Waals surface area contributed by atoms with Gasteiger partial charge in [0.15, 0.2) is 0 Å². The minimum atomic E-state index is -0.504. The van der Waals surface area contributed by atoms with Crippen molar-refractivity contribution in [3.63, 3.8) is 0 Å². The molecule has 6 heteroatoms. The molecule has 2 aliphatic heterocycles. The molecule has 0 aromatic rings. The van der Waals surface area contributed by atoms with Gasteiger partial charge in [0.25, 0.3) is 0 Å². The second-order valence-electron chi connectivity index (χ2n) is 8.43. The molecule has 0 aliphatic carbocycles. The lowest BCUT2D eigenvalue weighted by Gasteiger charge is -2.38. The Bertz CT molecular complexity index is 464. The van der Waals surface area contributed by atoms with E-state index in [0.29, 0.717) is 13.1 Å². The summed E-state index contributed by atoms with van der Waals surface area (Å²) in [6, 6.07) is 0. The molecule has 2 aliphatic rings. The first-order chi connectivity index (χ1) is 11.1. The Hall–Kier alpha value is -1.30. The van der Waals surface area contributed by atoms with Crippen molar-refractivity contribution < 1.29 is 19.1 Å². The minimum Gasteiger partial charge on any atom is -0.444 e. The van der Waals surface area contributed by atoms with E-state index in [2.05, 4.69) is 5.32 Å². The van der Waals surface area contributed by atoms with E-state index in [1.165, 1.54) is 0 Å². The van der Waals surface area contributed by atoms with Gasteiger partial charge in [-0.2, -0.15) is 0 Å². The molecule has 0 saturated carbocycles. The van der Waals surface area contributed by atoms with Crippen LogP contribution in [0.1, 0.15) is 47.5 Å². The molecule has 1 spiro atoms. The van der Waals surface area contributed by atoms with Crippen LogP contribution in [0, 0.1) is 17.3 Å². The summed E-state index contributed by atoms with van der Waals surface area (Å²) in [6.45, 7) is 12.9. The van der Waals surface area contributed by atoms with Crippen molar-refractivity contribution in [2.75, 3.05) is 32.8 Å². The Balaban J connectivity index is 2.02. The van der Waals surface area contributed by atoms with E-state index >= 15 is 0 Å². The van der Waals surface area contributed by atoms with Crippen LogP contribution in [0.15, 0.2) is 0 Å². The normalized spacial score (nSPS) is 23.6. The van der Waals surface area contributed by atoms with Crippen molar-refractivity contribution in [3.8, 4) is 0 Å². The molecule has 2 fully saturated rings. The molecule has 0 aromatic carbocycles. The Morgan fingerprint density at radius 1 is 1.29 bits per heavy atom. The topological polar surface area (TPSA) is 67.9 Å². The molecule has 0 radical (unpaired) electrons. The molecule has 2 amide bonds. The molecule has 138 valence electrons. The van der Waals surface area contributed by atoms with Gasteiger partial charge in [0, 0.05) is 44.7 Å². The molecule has 0 bridgehead atoms. The fraction of sp³-hybridized carbons (Fsp3) is 0.889. The number of rotatable bonds is 3. The lowest BCUT2D eigenvalue weighted by molar-refractivity contribution is -0.134. The third kappa shape index (κ3) is 4.62. The quantitative estimate of drug-likeness (QED) is 0.857. The summed E-state index contributed by atoms with van der Waals surface area (Å²) in [5.41, 5.74) is -0.451. The summed E-state index contributed by atoms with van der Waals surface area (Å²) in [5, 5.41) is 2.90. The summed E-state index contributed by atoms with van der Waals surface area (Å²) in [7, 11) is 0. The summed E-state index contributed by atoms with van der Waals surface area (Å²) < 4.78 is 10.9. The Kier molecular flexibility index (Phi) is 5.78. The van der Waals surface area contributed by atoms with Gasteiger partial charge < -0.3 is 19.7 Å². The molecule has 1 atom stereocenters. The van der Waals surface area contributed by atoms with Crippen LogP contribution in [0.5, 0.6) is 0 Å². The van der Waals surface area contributed by atoms with Crippen LogP contribution in [0.4, 0.5) is 4.79 Å². The highest BCUT2D eigenvalue weighted by molar-refractivity contribution is 5.78. The van der Waals surface area contributed by atoms with Crippen LogP contribution in [-0.2, 0) is 14.3 Å². The van der Waals surface area contributed by atoms with Gasteiger partial charge in [0.05, 0.1) is 0 Å². The number of alkyl carbamates (subject to hydrolysis) is 1. The molecular weight excluding hydrogens is 308 g/mol. The van der Waals surface area contributed by atoms with Gasteiger partial charge in [-0.05, 0) is 39.0 Å². The van der Waals surface area contributed by atoms with Crippen molar-refractivity contribution in [3.05, 3.63) is 0 Å². The van der Waals surface area contributed by atoms with Crippen LogP contribution in [-0.4, -0.2) is 55.3 Å². The zero-order valence-electron chi connectivity index (χ0n) is 15.7. The zero-order chi connectivity index (χ0) is 18.0. The number of nitrogens with zero attached hydrogens (tertiary/aromatic N) is 1. The molecule has 1 N–H and O–H groups in total. The molecule has 2 heterocycles. The van der Waals surface area contributed by atoms with E-state index < -0.39 is 11.7 Å².